The number of rotatable bonds is 0. The first-order chi connectivity index (χ1) is 0. The molecule has 0 bridgehead atoms. The minimum absolute atomic E-state index is 0. The van der Waals surface area contributed by atoms with Gasteiger partial charge in [0.05, 0.1) is 0 Å². The van der Waals surface area contributed by atoms with E-state index in [1.807, 2.05) is 0 Å². The third-order valence-electron chi connectivity index (χ3n) is 0. The average molecular weight is 275 g/mol. The molecule has 0 radical (unpaired) electrons. The van der Waals surface area contributed by atoms with Crippen molar-refractivity contribution in [1.29, 1.82) is 0 Å². The summed E-state index contributed by atoms with van der Waals surface area (Å²) in [5.74, 6) is 0. The zero-order chi connectivity index (χ0) is 0. The van der Waals surface area contributed by atoms with Crippen molar-refractivity contribution in [2.45, 2.75) is 0 Å². The molecular formula is BaMgO3Zn. The molecule has 0 fully saturated rings. The molecule has 6 heavy (non-hydrogen) atoms. The third-order valence-corrected chi connectivity index (χ3v) is 0. The first-order valence-electron chi connectivity index (χ1n) is 0. The SMILES string of the molecule is [Ba+2].[Mg+2].[O-2].[O-2].[O-2].[Zn+2]. The fourth-order valence-electron chi connectivity index (χ4n) is 0. The van der Waals surface area contributed by atoms with E-state index in [1.54, 1.807) is 0 Å². The second-order valence-electron chi connectivity index (χ2n) is 0. The van der Waals surface area contributed by atoms with Crippen molar-refractivity contribution in [1.82, 2.24) is 0 Å². The normalized spacial score (nSPS) is 0. The van der Waals surface area contributed by atoms with Gasteiger partial charge in [0.1, 0.15) is 0 Å². The second kappa shape index (κ2) is 45.5. The Balaban J connectivity index is 0. The van der Waals surface area contributed by atoms with Crippen LogP contribution in [0.25, 0.3) is 0 Å². The van der Waals surface area contributed by atoms with Crippen LogP contribution in [0.4, 0.5) is 0 Å². The Kier molecular flexibility index (Phi) is 510. The van der Waals surface area contributed by atoms with Crippen LogP contribution in [-0.2, 0) is 35.9 Å². The van der Waals surface area contributed by atoms with E-state index in [0.29, 0.717) is 0 Å². The Labute approximate surface area is 106 Å². The van der Waals surface area contributed by atoms with Gasteiger partial charge in [-0.25, -0.2) is 0 Å². The van der Waals surface area contributed by atoms with Crippen LogP contribution in [0.1, 0.15) is 0 Å². The van der Waals surface area contributed by atoms with Gasteiger partial charge in [0.25, 0.3) is 0 Å². The maximum Gasteiger partial charge on any atom is 2.00 e. The van der Waals surface area contributed by atoms with Crippen molar-refractivity contribution in [2.75, 3.05) is 0 Å². The zero-order valence-corrected chi connectivity index (χ0v) is 12.2. The molecule has 0 spiro atoms. The summed E-state index contributed by atoms with van der Waals surface area (Å²) < 4.78 is 0. The summed E-state index contributed by atoms with van der Waals surface area (Å²) in [6.45, 7) is 0. The molecule has 0 amide bonds. The predicted molar refractivity (Wildman–Crippen MR) is 13.6 cm³/mol. The third kappa shape index (κ3) is 28.9. The molecule has 0 aromatic heterocycles. The van der Waals surface area contributed by atoms with Gasteiger partial charge in [-0.2, -0.15) is 0 Å². The van der Waals surface area contributed by atoms with E-state index in [1.165, 1.54) is 0 Å². The molecule has 0 saturated carbocycles. The summed E-state index contributed by atoms with van der Waals surface area (Å²) in [6, 6.07) is 0. The molecule has 6 heteroatoms. The Morgan fingerprint density at radius 1 is 0.667 bits per heavy atom. The van der Waals surface area contributed by atoms with Gasteiger partial charge in [-0.3, -0.25) is 0 Å². The van der Waals surface area contributed by atoms with Crippen molar-refractivity contribution in [3.63, 3.8) is 0 Å². The van der Waals surface area contributed by atoms with Crippen LogP contribution in [0, 0.1) is 0 Å². The van der Waals surface area contributed by atoms with E-state index >= 15 is 0 Å². The molecule has 0 aliphatic heterocycles. The summed E-state index contributed by atoms with van der Waals surface area (Å²) in [5, 5.41) is 0. The molecule has 24 valence electrons. The Bertz CT molecular complexity index is 10.8. The first-order valence-corrected chi connectivity index (χ1v) is 0. The van der Waals surface area contributed by atoms with Gasteiger partial charge in [0.2, 0.25) is 0 Å². The molecule has 0 N–H and O–H groups in total. The van der Waals surface area contributed by atoms with E-state index in [4.69, 9.17) is 0 Å². The molecule has 0 unspecified atom stereocenters. The maximum absolute atomic E-state index is 0. The molecule has 0 heterocycles. The standard InChI is InChI=1S/Ba.Mg.3O.Zn/q2*+2;3*-2;+2. The quantitative estimate of drug-likeness (QED) is 0.501. The van der Waals surface area contributed by atoms with E-state index in [9.17, 15) is 0 Å². The predicted octanol–water partition coefficient (Wildman–Crippen LogP) is -1.12. The first kappa shape index (κ1) is 67.3. The van der Waals surface area contributed by atoms with Gasteiger partial charge in [-0.15, -0.1) is 0 Å². The van der Waals surface area contributed by atoms with Gasteiger partial charge >= 0.3 is 91.4 Å². The topological polar surface area (TPSA) is 85.5 Å². The van der Waals surface area contributed by atoms with E-state index in [-0.39, 0.29) is 108 Å². The van der Waals surface area contributed by atoms with Crippen molar-refractivity contribution < 1.29 is 35.9 Å². The summed E-state index contributed by atoms with van der Waals surface area (Å²) in [4.78, 5) is 0. The van der Waals surface area contributed by atoms with Crippen LogP contribution in [0.3, 0.4) is 0 Å². The van der Waals surface area contributed by atoms with E-state index < -0.39 is 0 Å². The molecule has 0 aliphatic carbocycles. The minimum atomic E-state index is 0. The van der Waals surface area contributed by atoms with Gasteiger partial charge in [-0.1, -0.05) is 0 Å². The molecular weight excluding hydrogens is 275 g/mol. The molecule has 3 nitrogen and oxygen atoms in total. The number of hydrogen-bond donors (Lipinski definition) is 0. The average Bonchev–Trinajstić information content (AvgIpc) is 0. The van der Waals surface area contributed by atoms with Crippen LogP contribution >= 0.6 is 0 Å². The van der Waals surface area contributed by atoms with Gasteiger partial charge in [0, 0.05) is 0 Å². The van der Waals surface area contributed by atoms with Gasteiger partial charge < -0.3 is 16.4 Å². The molecule has 0 aliphatic rings. The van der Waals surface area contributed by atoms with Crippen LogP contribution in [0.2, 0.25) is 0 Å². The summed E-state index contributed by atoms with van der Waals surface area (Å²) in [6.07, 6.45) is 0. The van der Waals surface area contributed by atoms with Crippen LogP contribution in [-0.4, -0.2) is 71.9 Å². The minimum Gasteiger partial charge on any atom is -2.00 e. The summed E-state index contributed by atoms with van der Waals surface area (Å²) in [5.41, 5.74) is 0. The smallest absolute Gasteiger partial charge is 2.00 e. The van der Waals surface area contributed by atoms with Crippen LogP contribution in [0.5, 0.6) is 0 Å². The molecule has 0 aromatic rings. The van der Waals surface area contributed by atoms with Crippen molar-refractivity contribution in [2.24, 2.45) is 0 Å². The zero-order valence-electron chi connectivity index (χ0n) is 3.35. The van der Waals surface area contributed by atoms with E-state index in [2.05, 4.69) is 0 Å². The van der Waals surface area contributed by atoms with Gasteiger partial charge in [-0.05, 0) is 0 Å². The maximum atomic E-state index is 0. The largest absolute Gasteiger partial charge is 2.00 e. The fourth-order valence-corrected chi connectivity index (χ4v) is 0. The summed E-state index contributed by atoms with van der Waals surface area (Å²) >= 11 is 0. The monoisotopic (exact) mass is 274 g/mol. The van der Waals surface area contributed by atoms with Crippen LogP contribution < -0.4 is 0 Å². The Hall–Kier alpha value is 2.84. The molecule has 0 aromatic carbocycles. The van der Waals surface area contributed by atoms with Gasteiger partial charge in [0.15, 0.2) is 0 Å². The molecule has 0 saturated heterocycles. The van der Waals surface area contributed by atoms with Crippen molar-refractivity contribution in [3.05, 3.63) is 0 Å². The Morgan fingerprint density at radius 3 is 0.667 bits per heavy atom. The second-order valence-corrected chi connectivity index (χ2v) is 0. The molecule has 0 rings (SSSR count). The molecule has 0 atom stereocenters. The Morgan fingerprint density at radius 2 is 0.667 bits per heavy atom. The fraction of sp³-hybridized carbons (Fsp3) is 0. The summed E-state index contributed by atoms with van der Waals surface area (Å²) in [7, 11) is 0. The van der Waals surface area contributed by atoms with Crippen molar-refractivity contribution >= 4 is 71.9 Å². The van der Waals surface area contributed by atoms with E-state index in [0.717, 1.165) is 0 Å². The van der Waals surface area contributed by atoms with Crippen LogP contribution in [0.15, 0.2) is 0 Å². The number of hydrogen-bond acceptors (Lipinski definition) is 0. The van der Waals surface area contributed by atoms with Crippen molar-refractivity contribution in [3.8, 4) is 0 Å².